The second-order valence-corrected chi connectivity index (χ2v) is 13.0. The van der Waals surface area contributed by atoms with Gasteiger partial charge in [0, 0.05) is 41.4 Å². The molecular weight excluding hydrogens is 755 g/mol. The Morgan fingerprint density at radius 3 is 1.40 bits per heavy atom. The Labute approximate surface area is 357 Å². The largest absolute Gasteiger partial charge is 0.394 e. The molecule has 1 aliphatic heterocycles. The molecule has 0 spiro atoms. The van der Waals surface area contributed by atoms with E-state index in [9.17, 15) is 35.4 Å². The quantitative estimate of drug-likeness (QED) is 0.0592. The second kappa shape index (κ2) is 35.8. The van der Waals surface area contributed by atoms with Crippen molar-refractivity contribution in [2.45, 2.75) is 146 Å². The number of carbonyl (C=O) groups is 1. The molecule has 8 atom stereocenters. The van der Waals surface area contributed by atoms with E-state index in [1.165, 1.54) is 63.5 Å². The van der Waals surface area contributed by atoms with E-state index in [2.05, 4.69) is 154 Å². The van der Waals surface area contributed by atoms with Gasteiger partial charge in [-0.15, -0.1) is 0 Å². The summed E-state index contributed by atoms with van der Waals surface area (Å²) in [4.78, 5) is 12.7. The third-order valence-electron chi connectivity index (χ3n) is 8.46. The summed E-state index contributed by atoms with van der Waals surface area (Å²) in [6.07, 6.45) is 6.87. The molecule has 308 valence electrons. The molecule has 9 heteroatoms. The highest BCUT2D eigenvalue weighted by Gasteiger charge is 2.42. The summed E-state index contributed by atoms with van der Waals surface area (Å²) in [6.45, 7) is 3.27. The van der Waals surface area contributed by atoms with Crippen LogP contribution in [0.15, 0.2) is 12.2 Å². The van der Waals surface area contributed by atoms with E-state index in [4.69, 9.17) is 4.74 Å². The highest BCUT2D eigenvalue weighted by atomic mass is 16.5. The number of carbonyl (C=O) groups excluding carboxylic acids is 1. The number of hydrogen-bond donors (Lipinski definition) is 7. The molecule has 7 N–H and O–H groups in total. The van der Waals surface area contributed by atoms with Crippen molar-refractivity contribution in [1.82, 2.24) is 5.32 Å². The molecule has 1 heterocycles. The zero-order chi connectivity index (χ0) is 43.9. The third-order valence-corrected chi connectivity index (χ3v) is 8.46. The van der Waals surface area contributed by atoms with Crippen molar-refractivity contribution in [1.29, 1.82) is 0 Å². The lowest BCUT2D eigenvalue weighted by atomic mass is 9.93. The maximum absolute atomic E-state index is 12.7. The lowest BCUT2D eigenvalue weighted by molar-refractivity contribution is -0.216. The minimum absolute atomic E-state index is 0.280. The van der Waals surface area contributed by atoms with Crippen molar-refractivity contribution < 1.29 is 40.2 Å². The summed E-state index contributed by atoms with van der Waals surface area (Å²) < 4.78 is 5.50. The van der Waals surface area contributed by atoms with Crippen LogP contribution in [0.4, 0.5) is 0 Å². The van der Waals surface area contributed by atoms with Crippen LogP contribution < -0.4 is 5.32 Å². The zero-order valence-corrected chi connectivity index (χ0v) is 34.2. The van der Waals surface area contributed by atoms with E-state index >= 15 is 0 Å². The topological polar surface area (TPSA) is 160 Å². The third kappa shape index (κ3) is 25.8. The molecule has 0 aromatic carbocycles. The van der Waals surface area contributed by atoms with Gasteiger partial charge in [0.05, 0.1) is 18.8 Å². The number of aliphatic hydroxyl groups is 6. The molecule has 0 radical (unpaired) electrons. The normalized spacial score (nSPS) is 17.9. The predicted molar refractivity (Wildman–Crippen MR) is 232 cm³/mol. The zero-order valence-electron chi connectivity index (χ0n) is 34.2. The van der Waals surface area contributed by atoms with Crippen molar-refractivity contribution in [3.63, 3.8) is 0 Å². The molecule has 1 fully saturated rings. The molecule has 0 aliphatic carbocycles. The molecule has 1 amide bonds. The number of rotatable bonds is 19. The van der Waals surface area contributed by atoms with E-state index in [-0.39, 0.29) is 6.42 Å². The standard InChI is InChI=1S/C51H51NO8/c1-3-5-7-9-11-13-15-17-18-19-20-21-22-23-24-25-26-27-29-31-33-35-37-39-47(55)52-43(40-41-45-49(57)51(59)50(58)46(42-53)60-45)48(56)44(54)38-36-34-32-30-28-16-14-12-10-8-6-4-2/h40-41,43-46,48-51,53-54,56-59H,4,6,8,10,12,14,16,28,30,32,34,36,38,42H2,1-2H3,(H,52,55)/b41-40-/t43?,44-,45+,46?,48+,49?,50+,51-/m1/s1. The van der Waals surface area contributed by atoms with Crippen molar-refractivity contribution in [3.8, 4) is 142 Å². The second-order valence-electron chi connectivity index (χ2n) is 13.0. The van der Waals surface area contributed by atoms with E-state index in [1.54, 1.807) is 6.92 Å². The number of unbranched alkanes of at least 4 members (excludes halogenated alkanes) is 11. The van der Waals surface area contributed by atoms with E-state index in [1.807, 2.05) is 0 Å². The average Bonchev–Trinajstić information content (AvgIpc) is 3.25. The Hall–Kier alpha value is -6.35. The first-order chi connectivity index (χ1) is 29.3. The van der Waals surface area contributed by atoms with Crippen molar-refractivity contribution in [3.05, 3.63) is 12.2 Å². The first-order valence-corrected chi connectivity index (χ1v) is 19.8. The SMILES string of the molecule is CC#CC#CC#CC#CC#CC#CC#CC#CC#CC#CC#CC#CC(=O)NC(/C=C\[C@@H]1OC(CO)[C@H](O)[C@H](O)C1O)[C@H](O)[C@H](O)CCCCCCCCCCCCCC. The summed E-state index contributed by atoms with van der Waals surface area (Å²) in [7, 11) is 0. The highest BCUT2D eigenvalue weighted by molar-refractivity contribution is 5.94. The van der Waals surface area contributed by atoms with Crippen LogP contribution in [0.25, 0.3) is 0 Å². The lowest BCUT2D eigenvalue weighted by Crippen LogP contribution is -2.58. The van der Waals surface area contributed by atoms with E-state index in [0.717, 1.165) is 19.3 Å². The number of hydrogen-bond acceptors (Lipinski definition) is 8. The van der Waals surface area contributed by atoms with Gasteiger partial charge in [-0.1, -0.05) is 102 Å². The van der Waals surface area contributed by atoms with Crippen LogP contribution in [0, 0.1) is 142 Å². The Morgan fingerprint density at radius 2 is 0.983 bits per heavy atom. The summed E-state index contributed by atoms with van der Waals surface area (Å²) in [5.41, 5.74) is 0. The summed E-state index contributed by atoms with van der Waals surface area (Å²) in [5, 5.41) is 64.6. The lowest BCUT2D eigenvalue weighted by Gasteiger charge is -2.39. The Balaban J connectivity index is 2.78. The van der Waals surface area contributed by atoms with Gasteiger partial charge in [0.15, 0.2) is 0 Å². The average molecular weight is 806 g/mol. The van der Waals surface area contributed by atoms with Gasteiger partial charge in [0.1, 0.15) is 36.6 Å². The molecule has 0 aromatic rings. The number of nitrogens with one attached hydrogen (secondary N) is 1. The first kappa shape index (κ1) is 51.7. The maximum atomic E-state index is 12.7. The molecule has 60 heavy (non-hydrogen) atoms. The molecule has 0 saturated carbocycles. The van der Waals surface area contributed by atoms with Crippen LogP contribution in [0.1, 0.15) is 97.3 Å². The summed E-state index contributed by atoms with van der Waals surface area (Å²) in [6, 6.07) is -1.19. The predicted octanol–water partition coefficient (Wildman–Crippen LogP) is 1.74. The maximum Gasteiger partial charge on any atom is 0.297 e. The Kier molecular flexibility index (Phi) is 30.8. The van der Waals surface area contributed by atoms with Gasteiger partial charge in [-0.05, 0) is 108 Å². The molecular formula is C51H51NO8. The number of ether oxygens (including phenoxy) is 1. The van der Waals surface area contributed by atoms with Crippen LogP contribution in [0.3, 0.4) is 0 Å². The molecule has 3 unspecified atom stereocenters. The molecule has 1 rings (SSSR count). The van der Waals surface area contributed by atoms with Gasteiger partial charge in [-0.3, -0.25) is 4.79 Å². The fraction of sp³-hybridized carbons (Fsp3) is 0.471. The van der Waals surface area contributed by atoms with E-state index < -0.39 is 61.3 Å². The summed E-state index contributed by atoms with van der Waals surface area (Å²) in [5.74, 6) is 58.6. The van der Waals surface area contributed by atoms with Gasteiger partial charge in [-0.2, -0.15) is 0 Å². The van der Waals surface area contributed by atoms with Gasteiger partial charge in [-0.25, -0.2) is 0 Å². The molecule has 1 aliphatic rings. The smallest absolute Gasteiger partial charge is 0.297 e. The van der Waals surface area contributed by atoms with Crippen molar-refractivity contribution in [2.75, 3.05) is 6.61 Å². The van der Waals surface area contributed by atoms with Gasteiger partial charge in [0.25, 0.3) is 5.91 Å². The molecule has 0 aromatic heterocycles. The monoisotopic (exact) mass is 805 g/mol. The van der Waals surface area contributed by atoms with Crippen molar-refractivity contribution >= 4 is 5.91 Å². The number of aliphatic hydroxyl groups excluding tert-OH is 6. The Morgan fingerprint density at radius 1 is 0.583 bits per heavy atom. The minimum Gasteiger partial charge on any atom is -0.394 e. The van der Waals surface area contributed by atoms with Crippen LogP contribution in [0.5, 0.6) is 0 Å². The van der Waals surface area contributed by atoms with Crippen LogP contribution >= 0.6 is 0 Å². The molecule has 0 bridgehead atoms. The van der Waals surface area contributed by atoms with Crippen LogP contribution in [-0.2, 0) is 9.53 Å². The van der Waals surface area contributed by atoms with Crippen molar-refractivity contribution in [2.24, 2.45) is 0 Å². The van der Waals surface area contributed by atoms with Gasteiger partial charge >= 0.3 is 0 Å². The minimum atomic E-state index is -1.62. The first-order valence-electron chi connectivity index (χ1n) is 19.8. The van der Waals surface area contributed by atoms with Gasteiger partial charge in [0.2, 0.25) is 0 Å². The highest BCUT2D eigenvalue weighted by Crippen LogP contribution is 2.22. The van der Waals surface area contributed by atoms with Crippen LogP contribution in [-0.4, -0.2) is 91.9 Å². The fourth-order valence-corrected chi connectivity index (χ4v) is 5.33. The summed E-state index contributed by atoms with van der Waals surface area (Å²) >= 11 is 0. The van der Waals surface area contributed by atoms with Crippen LogP contribution in [0.2, 0.25) is 0 Å². The molecule has 9 nitrogen and oxygen atoms in total. The molecule has 1 saturated heterocycles. The van der Waals surface area contributed by atoms with E-state index in [0.29, 0.717) is 6.42 Å². The fourth-order valence-electron chi connectivity index (χ4n) is 5.33. The Bertz CT molecular complexity index is 2190. The van der Waals surface area contributed by atoms with Gasteiger partial charge < -0.3 is 40.7 Å². The number of amides is 1.